The molecule has 4 N–H and O–H groups in total. The van der Waals surface area contributed by atoms with Crippen LogP contribution in [0.5, 0.6) is 0 Å². The Morgan fingerprint density at radius 3 is 2.58 bits per heavy atom. The molecule has 0 aliphatic heterocycles. The van der Waals surface area contributed by atoms with E-state index in [0.717, 1.165) is 4.88 Å². The van der Waals surface area contributed by atoms with E-state index < -0.39 is 17.7 Å². The summed E-state index contributed by atoms with van der Waals surface area (Å²) < 4.78 is 5.34. The van der Waals surface area contributed by atoms with Crippen molar-refractivity contribution in [2.24, 2.45) is 5.73 Å². The van der Waals surface area contributed by atoms with Gasteiger partial charge in [0.15, 0.2) is 0 Å². The van der Waals surface area contributed by atoms with Crippen LogP contribution in [0.4, 0.5) is 5.69 Å². The summed E-state index contributed by atoms with van der Waals surface area (Å²) >= 11 is 1.47. The number of carbonyl (C=O) groups is 3. The van der Waals surface area contributed by atoms with Crippen molar-refractivity contribution >= 4 is 45.7 Å². The molecule has 24 heavy (non-hydrogen) atoms. The molecule has 0 spiro atoms. The lowest BCUT2D eigenvalue weighted by atomic mass is 10.2. The number of primary amides is 1. The Bertz CT molecular complexity index is 915. The summed E-state index contributed by atoms with van der Waals surface area (Å²) in [7, 11) is 0. The number of amides is 3. The molecule has 0 bridgehead atoms. The maximum absolute atomic E-state index is 12.1. The van der Waals surface area contributed by atoms with Crippen molar-refractivity contribution < 1.29 is 18.8 Å². The summed E-state index contributed by atoms with van der Waals surface area (Å²) in [6.07, 6.45) is 0. The highest BCUT2D eigenvalue weighted by molar-refractivity contribution is 7.09. The summed E-state index contributed by atoms with van der Waals surface area (Å²) in [6, 6.07) is 10.4. The number of hydrogen-bond acceptors (Lipinski definition) is 5. The van der Waals surface area contributed by atoms with Gasteiger partial charge in [-0.15, -0.1) is 11.3 Å². The molecule has 0 saturated carbocycles. The number of thiophene rings is 1. The summed E-state index contributed by atoms with van der Waals surface area (Å²) in [5, 5.41) is 7.27. The molecule has 3 rings (SSSR count). The minimum Gasteiger partial charge on any atom is -0.449 e. The fourth-order valence-electron chi connectivity index (χ4n) is 2.17. The molecular formula is C16H13N3O4S. The molecule has 7 nitrogen and oxygen atoms in total. The van der Waals surface area contributed by atoms with Crippen LogP contribution in [0.2, 0.25) is 0 Å². The molecular weight excluding hydrogens is 330 g/mol. The highest BCUT2D eigenvalue weighted by atomic mass is 32.1. The maximum atomic E-state index is 12.1. The number of carbonyl (C=O) groups excluding carboxylic acids is 3. The zero-order valence-corrected chi connectivity index (χ0v) is 13.2. The quantitative estimate of drug-likeness (QED) is 0.627. The third-order valence-electron chi connectivity index (χ3n) is 3.27. The van der Waals surface area contributed by atoms with E-state index in [1.54, 1.807) is 24.3 Å². The lowest BCUT2D eigenvalue weighted by Gasteiger charge is -2.05. The van der Waals surface area contributed by atoms with Crippen molar-refractivity contribution in [1.82, 2.24) is 5.32 Å². The van der Waals surface area contributed by atoms with E-state index in [4.69, 9.17) is 10.2 Å². The van der Waals surface area contributed by atoms with E-state index in [1.807, 2.05) is 17.5 Å². The van der Waals surface area contributed by atoms with Gasteiger partial charge in [0.1, 0.15) is 11.3 Å². The highest BCUT2D eigenvalue weighted by Crippen LogP contribution is 2.30. The summed E-state index contributed by atoms with van der Waals surface area (Å²) in [4.78, 5) is 36.4. The van der Waals surface area contributed by atoms with Gasteiger partial charge in [-0.05, 0) is 23.6 Å². The van der Waals surface area contributed by atoms with Gasteiger partial charge in [0, 0.05) is 10.3 Å². The molecule has 0 fully saturated rings. The van der Waals surface area contributed by atoms with Crippen molar-refractivity contribution in [2.45, 2.75) is 6.54 Å². The van der Waals surface area contributed by atoms with Crippen LogP contribution in [0.15, 0.2) is 46.2 Å². The lowest BCUT2D eigenvalue weighted by Crippen LogP contribution is -2.35. The predicted octanol–water partition coefficient (Wildman–Crippen LogP) is 1.85. The highest BCUT2D eigenvalue weighted by Gasteiger charge is 2.23. The number of para-hydroxylation sites is 1. The largest absolute Gasteiger partial charge is 0.449 e. The average molecular weight is 343 g/mol. The van der Waals surface area contributed by atoms with Gasteiger partial charge >= 0.3 is 11.8 Å². The number of rotatable bonds is 4. The van der Waals surface area contributed by atoms with Crippen LogP contribution in [-0.4, -0.2) is 17.7 Å². The van der Waals surface area contributed by atoms with Crippen molar-refractivity contribution in [3.63, 3.8) is 0 Å². The van der Waals surface area contributed by atoms with Crippen LogP contribution in [0.25, 0.3) is 11.0 Å². The maximum Gasteiger partial charge on any atom is 0.313 e. The van der Waals surface area contributed by atoms with E-state index in [0.29, 0.717) is 11.0 Å². The number of nitrogens with one attached hydrogen (secondary N) is 2. The summed E-state index contributed by atoms with van der Waals surface area (Å²) in [5.41, 5.74) is 5.75. The fourth-order valence-corrected chi connectivity index (χ4v) is 2.82. The second kappa shape index (κ2) is 6.55. The minimum absolute atomic E-state index is 0.0920. The SMILES string of the molecule is NC(=O)c1oc2ccccc2c1NC(=O)C(=O)NCc1cccs1. The number of anilines is 1. The minimum atomic E-state index is -0.902. The first-order chi connectivity index (χ1) is 11.6. The Balaban J connectivity index is 1.78. The van der Waals surface area contributed by atoms with E-state index in [-0.39, 0.29) is 18.0 Å². The Labute approximate surface area is 140 Å². The first-order valence-electron chi connectivity index (χ1n) is 6.99. The van der Waals surface area contributed by atoms with Crippen LogP contribution in [0, 0.1) is 0 Å². The normalized spacial score (nSPS) is 10.5. The molecule has 3 amide bonds. The van der Waals surface area contributed by atoms with Gasteiger partial charge in [-0.25, -0.2) is 0 Å². The van der Waals surface area contributed by atoms with E-state index in [9.17, 15) is 14.4 Å². The van der Waals surface area contributed by atoms with Crippen molar-refractivity contribution in [1.29, 1.82) is 0 Å². The zero-order valence-electron chi connectivity index (χ0n) is 12.4. The Kier molecular flexibility index (Phi) is 4.30. The van der Waals surface area contributed by atoms with Crippen LogP contribution in [-0.2, 0) is 16.1 Å². The third-order valence-corrected chi connectivity index (χ3v) is 4.14. The topological polar surface area (TPSA) is 114 Å². The number of benzene rings is 1. The molecule has 2 heterocycles. The molecule has 8 heteroatoms. The van der Waals surface area contributed by atoms with E-state index in [1.165, 1.54) is 11.3 Å². The number of nitrogens with two attached hydrogens (primary N) is 1. The molecule has 3 aromatic rings. The molecule has 122 valence electrons. The third kappa shape index (κ3) is 3.13. The van der Waals surface area contributed by atoms with Gasteiger partial charge in [-0.2, -0.15) is 0 Å². The summed E-state index contributed by atoms with van der Waals surface area (Å²) in [6.45, 7) is 0.249. The van der Waals surface area contributed by atoms with E-state index >= 15 is 0 Å². The second-order valence-corrected chi connectivity index (χ2v) is 5.92. The average Bonchev–Trinajstić information content (AvgIpc) is 3.20. The lowest BCUT2D eigenvalue weighted by molar-refractivity contribution is -0.136. The van der Waals surface area contributed by atoms with Crippen LogP contribution < -0.4 is 16.4 Å². The first-order valence-corrected chi connectivity index (χ1v) is 7.87. The smallest absolute Gasteiger partial charge is 0.313 e. The Morgan fingerprint density at radius 2 is 1.88 bits per heavy atom. The molecule has 0 radical (unpaired) electrons. The van der Waals surface area contributed by atoms with Gasteiger partial charge < -0.3 is 20.8 Å². The van der Waals surface area contributed by atoms with Crippen LogP contribution in [0.3, 0.4) is 0 Å². The Morgan fingerprint density at radius 1 is 1.08 bits per heavy atom. The molecule has 0 saturated heterocycles. The zero-order chi connectivity index (χ0) is 17.1. The molecule has 0 atom stereocenters. The van der Waals surface area contributed by atoms with Crippen LogP contribution in [0.1, 0.15) is 15.4 Å². The van der Waals surface area contributed by atoms with Gasteiger partial charge in [0.2, 0.25) is 5.76 Å². The predicted molar refractivity (Wildman–Crippen MR) is 89.5 cm³/mol. The number of fused-ring (bicyclic) bond motifs is 1. The van der Waals surface area contributed by atoms with Gasteiger partial charge in [0.05, 0.1) is 6.54 Å². The molecule has 0 aliphatic rings. The first kappa shape index (κ1) is 15.8. The number of hydrogen-bond donors (Lipinski definition) is 3. The van der Waals surface area contributed by atoms with Crippen molar-refractivity contribution in [2.75, 3.05) is 5.32 Å². The molecule has 0 aliphatic carbocycles. The molecule has 2 aromatic heterocycles. The standard InChI is InChI=1S/C16H13N3O4S/c17-14(20)13-12(10-5-1-2-6-11(10)23-13)19-16(22)15(21)18-8-9-4-3-7-24-9/h1-7H,8H2,(H2,17,20)(H,18,21)(H,19,22). The van der Waals surface area contributed by atoms with Gasteiger partial charge in [-0.1, -0.05) is 18.2 Å². The Hall–Kier alpha value is -3.13. The number of furan rings is 1. The van der Waals surface area contributed by atoms with Crippen molar-refractivity contribution in [3.8, 4) is 0 Å². The second-order valence-electron chi connectivity index (χ2n) is 4.88. The monoisotopic (exact) mass is 343 g/mol. The summed E-state index contributed by atoms with van der Waals surface area (Å²) in [5.74, 6) is -2.75. The molecule has 0 unspecified atom stereocenters. The van der Waals surface area contributed by atoms with Crippen molar-refractivity contribution in [3.05, 3.63) is 52.4 Å². The van der Waals surface area contributed by atoms with E-state index in [2.05, 4.69) is 10.6 Å². The van der Waals surface area contributed by atoms with Crippen LogP contribution >= 0.6 is 11.3 Å². The van der Waals surface area contributed by atoms with Gasteiger partial charge in [0.25, 0.3) is 5.91 Å². The van der Waals surface area contributed by atoms with Gasteiger partial charge in [-0.3, -0.25) is 14.4 Å². The fraction of sp³-hybridized carbons (Fsp3) is 0.0625. The molecule has 1 aromatic carbocycles.